The summed E-state index contributed by atoms with van der Waals surface area (Å²) in [7, 11) is 2.17. The van der Waals surface area contributed by atoms with Crippen LogP contribution in [-0.2, 0) is 19.5 Å². The van der Waals surface area contributed by atoms with Gasteiger partial charge in [-0.05, 0) is 75.9 Å². The number of aryl methyl sites for hydroxylation is 1. The number of hydrogen-bond acceptors (Lipinski definition) is 8. The number of benzene rings is 1. The zero-order chi connectivity index (χ0) is 32.9. The van der Waals surface area contributed by atoms with Gasteiger partial charge in [-0.2, -0.15) is 18.4 Å². The number of nitrogens with zero attached hydrogens (tertiary/aromatic N) is 7. The lowest BCUT2D eigenvalue weighted by molar-refractivity contribution is -0.126. The number of anilines is 1. The van der Waals surface area contributed by atoms with Crippen molar-refractivity contribution in [2.24, 2.45) is 0 Å². The average Bonchev–Trinajstić information content (AvgIpc) is 3.72. The van der Waals surface area contributed by atoms with Crippen LogP contribution in [0.15, 0.2) is 24.3 Å². The molecule has 4 aromatic rings. The first-order valence-corrected chi connectivity index (χ1v) is 17.7. The number of piperidine rings is 1. The summed E-state index contributed by atoms with van der Waals surface area (Å²) in [5, 5.41) is 15.5. The molecule has 0 bridgehead atoms. The second-order valence-corrected chi connectivity index (χ2v) is 15.0. The molecule has 1 aliphatic carbocycles. The number of alkyl halides is 3. The highest BCUT2D eigenvalue weighted by Gasteiger charge is 2.32. The number of halogens is 3. The van der Waals surface area contributed by atoms with Crippen LogP contribution >= 0.6 is 11.3 Å². The molecule has 2 saturated heterocycles. The molecule has 1 N–H and O–H groups in total. The molecule has 7 rings (SSSR count). The second-order valence-electron chi connectivity index (χ2n) is 13.8. The lowest BCUT2D eigenvalue weighted by atomic mass is 10.0. The maximum Gasteiger partial charge on any atom is 0.393 e. The number of nitriles is 1. The summed E-state index contributed by atoms with van der Waals surface area (Å²) in [4.78, 5) is 17.8. The van der Waals surface area contributed by atoms with Crippen molar-refractivity contribution >= 4 is 38.3 Å². The monoisotopic (exact) mass is 664 g/mol. The van der Waals surface area contributed by atoms with Gasteiger partial charge in [0, 0.05) is 86.1 Å². The molecule has 1 atom stereocenters. The Labute approximate surface area is 278 Å². The molecular weight excluding hydrogens is 622 g/mol. The van der Waals surface area contributed by atoms with Crippen LogP contribution in [0, 0.1) is 18.3 Å². The van der Waals surface area contributed by atoms with E-state index in [1.807, 2.05) is 0 Å². The van der Waals surface area contributed by atoms with Crippen molar-refractivity contribution in [2.75, 3.05) is 51.6 Å². The van der Waals surface area contributed by atoms with Gasteiger partial charge in [-0.15, -0.1) is 11.3 Å². The van der Waals surface area contributed by atoms with E-state index in [4.69, 9.17) is 4.98 Å². The molecule has 8 nitrogen and oxygen atoms in total. The Balaban J connectivity index is 1.02. The van der Waals surface area contributed by atoms with E-state index >= 15 is 0 Å². The molecule has 1 saturated carbocycles. The van der Waals surface area contributed by atoms with Crippen LogP contribution in [0.5, 0.6) is 0 Å². The summed E-state index contributed by atoms with van der Waals surface area (Å²) in [6, 6.07) is 11.1. The largest absolute Gasteiger partial charge is 0.393 e. The minimum absolute atomic E-state index is 0.195. The van der Waals surface area contributed by atoms with Crippen LogP contribution in [0.2, 0.25) is 0 Å². The average molecular weight is 665 g/mol. The lowest BCUT2D eigenvalue weighted by Gasteiger charge is -2.36. The molecule has 47 heavy (non-hydrogen) atoms. The number of piperazine rings is 1. The molecule has 0 radical (unpaired) electrons. The van der Waals surface area contributed by atoms with Crippen molar-refractivity contribution in [1.82, 2.24) is 29.2 Å². The minimum atomic E-state index is -4.25. The fraction of sp³-hybridized carbons (Fsp3) is 0.571. The Morgan fingerprint density at radius 3 is 2.45 bits per heavy atom. The number of likely N-dealkylation sites (N-methyl/N-ethyl adjacent to an activating group) is 1. The molecule has 0 unspecified atom stereocenters. The molecule has 0 amide bonds. The fourth-order valence-electron chi connectivity index (χ4n) is 7.20. The van der Waals surface area contributed by atoms with Crippen molar-refractivity contribution in [3.63, 3.8) is 0 Å². The molecule has 3 aromatic heterocycles. The quantitative estimate of drug-likeness (QED) is 0.218. The van der Waals surface area contributed by atoms with Crippen LogP contribution in [-0.4, -0.2) is 93.8 Å². The van der Waals surface area contributed by atoms with Gasteiger partial charge in [0.25, 0.3) is 0 Å². The van der Waals surface area contributed by atoms with Gasteiger partial charge in [0.2, 0.25) is 0 Å². The molecule has 0 spiro atoms. The number of hydrogen-bond donors (Lipinski definition) is 1. The molecule has 2 aliphatic heterocycles. The Hall–Kier alpha value is -3.24. The molecule has 3 aliphatic rings. The van der Waals surface area contributed by atoms with Crippen molar-refractivity contribution < 1.29 is 13.2 Å². The second kappa shape index (κ2) is 13.0. The summed E-state index contributed by atoms with van der Waals surface area (Å²) in [6.45, 7) is 12.2. The van der Waals surface area contributed by atoms with E-state index in [0.717, 1.165) is 106 Å². The van der Waals surface area contributed by atoms with E-state index in [-0.39, 0.29) is 10.9 Å². The van der Waals surface area contributed by atoms with Crippen LogP contribution < -0.4 is 5.32 Å². The zero-order valence-electron chi connectivity index (χ0n) is 27.4. The summed E-state index contributed by atoms with van der Waals surface area (Å²) in [5.41, 5.74) is 4.35. The third-order valence-corrected chi connectivity index (χ3v) is 11.3. The highest BCUT2D eigenvalue weighted by molar-refractivity contribution is 7.18. The highest BCUT2D eigenvalue weighted by Crippen LogP contribution is 2.41. The van der Waals surface area contributed by atoms with Gasteiger partial charge in [0.1, 0.15) is 28.2 Å². The Kier molecular flexibility index (Phi) is 8.93. The Morgan fingerprint density at radius 2 is 1.77 bits per heavy atom. The van der Waals surface area contributed by atoms with E-state index in [9.17, 15) is 18.4 Å². The maximum absolute atomic E-state index is 13.1. The van der Waals surface area contributed by atoms with Gasteiger partial charge in [-0.3, -0.25) is 9.80 Å². The van der Waals surface area contributed by atoms with Gasteiger partial charge in [-0.25, -0.2) is 9.97 Å². The van der Waals surface area contributed by atoms with Gasteiger partial charge in [-0.1, -0.05) is 6.07 Å². The Bertz CT molecular complexity index is 1790. The third-order valence-electron chi connectivity index (χ3n) is 10.3. The first kappa shape index (κ1) is 32.3. The normalized spacial score (nSPS) is 19.9. The number of fused-ring (bicyclic) bond motifs is 2. The maximum atomic E-state index is 13.1. The lowest BCUT2D eigenvalue weighted by Crippen LogP contribution is -2.49. The van der Waals surface area contributed by atoms with Gasteiger partial charge in [0.05, 0.1) is 11.8 Å². The van der Waals surface area contributed by atoms with Crippen molar-refractivity contribution in [1.29, 1.82) is 5.26 Å². The minimum Gasteiger partial charge on any atom is -0.367 e. The van der Waals surface area contributed by atoms with Crippen LogP contribution in [0.25, 0.3) is 21.1 Å². The molecule has 1 aromatic carbocycles. The fourth-order valence-corrected chi connectivity index (χ4v) is 8.27. The Morgan fingerprint density at radius 1 is 1.02 bits per heavy atom. The van der Waals surface area contributed by atoms with Crippen molar-refractivity contribution in [3.05, 3.63) is 51.8 Å². The zero-order valence-corrected chi connectivity index (χ0v) is 28.2. The number of aromatic nitrogens is 3. The topological polar surface area (TPSA) is 76.2 Å². The van der Waals surface area contributed by atoms with E-state index in [1.54, 1.807) is 6.07 Å². The summed E-state index contributed by atoms with van der Waals surface area (Å²) >= 11 is 1.13. The summed E-state index contributed by atoms with van der Waals surface area (Å²) in [6.07, 6.45) is -1.27. The predicted octanol–water partition coefficient (Wildman–Crippen LogP) is 6.52. The predicted molar refractivity (Wildman–Crippen MR) is 181 cm³/mol. The van der Waals surface area contributed by atoms with Gasteiger partial charge < -0.3 is 14.8 Å². The number of thiophene rings is 1. The van der Waals surface area contributed by atoms with E-state index < -0.39 is 12.6 Å². The molecule has 250 valence electrons. The molecule has 5 heterocycles. The summed E-state index contributed by atoms with van der Waals surface area (Å²) < 4.78 is 41.6. The van der Waals surface area contributed by atoms with Gasteiger partial charge >= 0.3 is 6.18 Å². The van der Waals surface area contributed by atoms with E-state index in [2.05, 4.69) is 74.7 Å². The first-order valence-electron chi connectivity index (χ1n) is 16.8. The smallest absolute Gasteiger partial charge is 0.367 e. The standard InChI is InChI=1S/C35H43F3N8S/c1-22(45-14-12-43(3)13-15-45)20-46-27(19-39)16-29-23(2)25(6-7-31(29)46)21-44-10-8-26(9-11-44)40-33-30-17-28(18-35(36,37)38)47-34(30)42-32(41-33)24-4-5-24/h6-7,16-17,22,24,26H,4-5,8-15,18,20-21H2,1-3H3,(H,40,41,42)/t22-/m0/s1. The van der Waals surface area contributed by atoms with Crippen molar-refractivity contribution in [2.45, 2.75) is 83.2 Å². The molecule has 3 fully saturated rings. The molecule has 12 heteroatoms. The van der Waals surface area contributed by atoms with Crippen LogP contribution in [0.3, 0.4) is 0 Å². The van der Waals surface area contributed by atoms with Gasteiger partial charge in [0.15, 0.2) is 0 Å². The van der Waals surface area contributed by atoms with E-state index in [0.29, 0.717) is 33.7 Å². The van der Waals surface area contributed by atoms with Crippen LogP contribution in [0.4, 0.5) is 19.0 Å². The van der Waals surface area contributed by atoms with E-state index in [1.165, 1.54) is 11.1 Å². The van der Waals surface area contributed by atoms with Crippen molar-refractivity contribution in [3.8, 4) is 6.07 Å². The summed E-state index contributed by atoms with van der Waals surface area (Å²) in [5.74, 6) is 1.75. The van der Waals surface area contributed by atoms with Crippen LogP contribution in [0.1, 0.15) is 66.0 Å². The number of rotatable bonds is 9. The molecular formula is C35H43F3N8S. The number of likely N-dealkylation sites (tertiary alicyclic amines) is 1. The SMILES string of the molecule is Cc1c(CN2CCC(Nc3nc(C4CC4)nc4sc(CC(F)(F)F)cc34)CC2)ccc2c1cc(C#N)n2C[C@H](C)N1CCN(C)CC1. The first-order chi connectivity index (χ1) is 22.5. The highest BCUT2D eigenvalue weighted by atomic mass is 32.1. The number of nitrogens with one attached hydrogen (secondary N) is 1. The third kappa shape index (κ3) is 7.14.